The van der Waals surface area contributed by atoms with Crippen LogP contribution in [-0.2, 0) is 0 Å². The van der Waals surface area contributed by atoms with Crippen LogP contribution in [0.3, 0.4) is 0 Å². The van der Waals surface area contributed by atoms with Gasteiger partial charge in [-0.25, -0.2) is 0 Å². The van der Waals surface area contributed by atoms with Crippen molar-refractivity contribution in [1.29, 1.82) is 0 Å². The van der Waals surface area contributed by atoms with E-state index in [2.05, 4.69) is 43.4 Å². The predicted octanol–water partition coefficient (Wildman–Crippen LogP) is 4.72. The first-order chi connectivity index (χ1) is 11.0. The standard InChI is InChI=1S/C22H27I/c1-6-4-7-9(6)11-10(7)15-12(11)16-13-14-17(18(13)22(15,16)23)21-5-8(21)20(2,3)19(14)21/h6-19H,4-5H2,1-3H3. The lowest BCUT2D eigenvalue weighted by Crippen LogP contribution is -2.97. The summed E-state index contributed by atoms with van der Waals surface area (Å²) in [4.78, 5) is 0. The minimum Gasteiger partial charge on any atom is -0.0779 e. The Bertz CT molecular complexity index is 740. The quantitative estimate of drug-likeness (QED) is 0.303. The Morgan fingerprint density at radius 1 is 0.826 bits per heavy atom. The molecule has 9 rings (SSSR count). The highest BCUT2D eigenvalue weighted by Crippen LogP contribution is 3.03. The van der Waals surface area contributed by atoms with Crippen LogP contribution in [0.2, 0.25) is 0 Å². The summed E-state index contributed by atoms with van der Waals surface area (Å²) in [7, 11) is 0. The monoisotopic (exact) mass is 418 g/mol. The van der Waals surface area contributed by atoms with Crippen molar-refractivity contribution in [1.82, 2.24) is 0 Å². The fourth-order valence-electron chi connectivity index (χ4n) is 12.8. The minimum atomic E-state index is 0.741. The Labute approximate surface area is 153 Å². The van der Waals surface area contributed by atoms with Gasteiger partial charge in [0.1, 0.15) is 0 Å². The Morgan fingerprint density at radius 2 is 1.57 bits per heavy atom. The van der Waals surface area contributed by atoms with E-state index in [4.69, 9.17) is 0 Å². The van der Waals surface area contributed by atoms with E-state index in [0.29, 0.717) is 0 Å². The highest BCUT2D eigenvalue weighted by atomic mass is 127. The normalized spacial score (nSPS) is 89.2. The summed E-state index contributed by atoms with van der Waals surface area (Å²) < 4.78 is 0.839. The summed E-state index contributed by atoms with van der Waals surface area (Å²) in [5.41, 5.74) is 1.69. The first kappa shape index (κ1) is 12.2. The van der Waals surface area contributed by atoms with Gasteiger partial charge in [-0.15, -0.1) is 0 Å². The summed E-state index contributed by atoms with van der Waals surface area (Å²) in [6, 6.07) is 0. The molecule has 9 aliphatic carbocycles. The molecule has 0 aromatic heterocycles. The van der Waals surface area contributed by atoms with E-state index in [1.165, 1.54) is 71.0 Å². The van der Waals surface area contributed by atoms with Crippen LogP contribution in [0, 0.1) is 93.7 Å². The largest absolute Gasteiger partial charge is 0.0779 e. The molecule has 0 N–H and O–H groups in total. The van der Waals surface area contributed by atoms with Crippen molar-refractivity contribution in [3.63, 3.8) is 0 Å². The van der Waals surface area contributed by atoms with Crippen molar-refractivity contribution in [2.45, 2.75) is 37.0 Å². The Hall–Kier alpha value is 0.730. The molecule has 1 heteroatoms. The number of alkyl halides is 1. The summed E-state index contributed by atoms with van der Waals surface area (Å²) >= 11 is 3.07. The SMILES string of the molecule is CC1CC2C1C1C2C2C1C1C3C4C(C3C21I)C12CC1C(C)(C)C42. The van der Waals surface area contributed by atoms with Gasteiger partial charge in [-0.3, -0.25) is 0 Å². The van der Waals surface area contributed by atoms with Gasteiger partial charge < -0.3 is 0 Å². The average Bonchev–Trinajstić information content (AvgIpc) is 3.18. The van der Waals surface area contributed by atoms with Crippen LogP contribution in [0.15, 0.2) is 0 Å². The van der Waals surface area contributed by atoms with Gasteiger partial charge in [-0.05, 0) is 107 Å². The number of hydrogen-bond acceptors (Lipinski definition) is 0. The summed E-state index contributed by atoms with van der Waals surface area (Å²) in [6.45, 7) is 7.81. The highest BCUT2D eigenvalue weighted by Gasteiger charge is 3.01. The third kappa shape index (κ3) is 0.729. The third-order valence-corrected chi connectivity index (χ3v) is 15.0. The second kappa shape index (κ2) is 2.73. The number of rotatable bonds is 0. The van der Waals surface area contributed by atoms with Crippen LogP contribution in [0.1, 0.15) is 33.6 Å². The zero-order valence-corrected chi connectivity index (χ0v) is 16.5. The molecular formula is C22H27I. The second-order valence-corrected chi connectivity index (χ2v) is 14.3. The summed E-state index contributed by atoms with van der Waals surface area (Å²) in [6.07, 6.45) is 3.25. The van der Waals surface area contributed by atoms with E-state index in [9.17, 15) is 0 Å². The zero-order valence-electron chi connectivity index (χ0n) is 14.4. The molecule has 16 unspecified atom stereocenters. The topological polar surface area (TPSA) is 0 Å². The third-order valence-electron chi connectivity index (χ3n) is 12.8. The maximum atomic E-state index is 3.07. The zero-order chi connectivity index (χ0) is 15.0. The van der Waals surface area contributed by atoms with Crippen molar-refractivity contribution in [2.75, 3.05) is 0 Å². The summed E-state index contributed by atoms with van der Waals surface area (Å²) in [5.74, 6) is 16.9. The molecule has 1 spiro atoms. The van der Waals surface area contributed by atoms with E-state index in [-0.39, 0.29) is 0 Å². The van der Waals surface area contributed by atoms with Gasteiger partial charge in [-0.1, -0.05) is 43.4 Å². The van der Waals surface area contributed by atoms with Crippen LogP contribution in [0.25, 0.3) is 0 Å². The number of fused-ring (bicyclic) bond motifs is 17. The fraction of sp³-hybridized carbons (Fsp3) is 1.00. The van der Waals surface area contributed by atoms with Crippen molar-refractivity contribution in [2.24, 2.45) is 93.7 Å². The molecule has 0 aliphatic heterocycles. The lowest BCUT2D eigenvalue weighted by atomic mass is 9.09. The van der Waals surface area contributed by atoms with Gasteiger partial charge in [0.15, 0.2) is 0 Å². The molecule has 0 aromatic carbocycles. The molecule has 0 bridgehead atoms. The van der Waals surface area contributed by atoms with Gasteiger partial charge in [0, 0.05) is 3.42 Å². The maximum Gasteiger partial charge on any atom is 0.0324 e. The Balaban J connectivity index is 1.11. The van der Waals surface area contributed by atoms with Gasteiger partial charge >= 0.3 is 0 Å². The first-order valence-corrected chi connectivity index (χ1v) is 11.7. The van der Waals surface area contributed by atoms with Crippen LogP contribution in [-0.4, -0.2) is 3.42 Å². The molecular weight excluding hydrogens is 391 g/mol. The van der Waals surface area contributed by atoms with E-state index >= 15 is 0 Å². The van der Waals surface area contributed by atoms with Crippen LogP contribution in [0.5, 0.6) is 0 Å². The molecule has 0 aromatic rings. The van der Waals surface area contributed by atoms with Crippen LogP contribution in [0.4, 0.5) is 0 Å². The fourth-order valence-corrected chi connectivity index (χ4v) is 15.3. The van der Waals surface area contributed by atoms with Gasteiger partial charge in [0.2, 0.25) is 0 Å². The molecule has 9 fully saturated rings. The van der Waals surface area contributed by atoms with E-state index < -0.39 is 0 Å². The molecule has 0 nitrogen and oxygen atoms in total. The highest BCUT2D eigenvalue weighted by molar-refractivity contribution is 14.1. The molecule has 23 heavy (non-hydrogen) atoms. The molecule has 9 aliphatic rings. The van der Waals surface area contributed by atoms with Gasteiger partial charge in [-0.2, -0.15) is 0 Å². The van der Waals surface area contributed by atoms with Crippen molar-refractivity contribution in [3.05, 3.63) is 0 Å². The number of halogens is 1. The van der Waals surface area contributed by atoms with E-state index in [0.717, 1.165) is 26.1 Å². The van der Waals surface area contributed by atoms with Crippen molar-refractivity contribution in [3.8, 4) is 0 Å². The lowest BCUT2D eigenvalue weighted by Gasteiger charge is -2.97. The van der Waals surface area contributed by atoms with Gasteiger partial charge in [0.25, 0.3) is 0 Å². The van der Waals surface area contributed by atoms with Crippen LogP contribution >= 0.6 is 22.6 Å². The predicted molar refractivity (Wildman–Crippen MR) is 96.7 cm³/mol. The average molecular weight is 418 g/mol. The molecule has 0 saturated heterocycles. The summed E-state index contributed by atoms with van der Waals surface area (Å²) in [5, 5.41) is 0. The van der Waals surface area contributed by atoms with Gasteiger partial charge in [0.05, 0.1) is 0 Å². The van der Waals surface area contributed by atoms with E-state index in [1.807, 2.05) is 0 Å². The molecule has 0 amide bonds. The lowest BCUT2D eigenvalue weighted by molar-refractivity contribution is -0.464. The Kier molecular flexibility index (Phi) is 1.44. The molecule has 9 saturated carbocycles. The Morgan fingerprint density at radius 3 is 2.30 bits per heavy atom. The minimum absolute atomic E-state index is 0.741. The maximum absolute atomic E-state index is 3.07. The van der Waals surface area contributed by atoms with E-state index in [1.54, 1.807) is 12.8 Å². The smallest absolute Gasteiger partial charge is 0.0324 e. The molecule has 0 radical (unpaired) electrons. The number of hydrogen-bond donors (Lipinski definition) is 0. The van der Waals surface area contributed by atoms with Crippen molar-refractivity contribution < 1.29 is 0 Å². The first-order valence-electron chi connectivity index (χ1n) is 10.7. The van der Waals surface area contributed by atoms with Crippen LogP contribution < -0.4 is 0 Å². The second-order valence-electron chi connectivity index (χ2n) is 12.4. The molecule has 16 atom stereocenters. The molecule has 0 heterocycles. The van der Waals surface area contributed by atoms with Crippen molar-refractivity contribution >= 4 is 22.6 Å². The molecule has 122 valence electrons.